The molecule has 0 atom stereocenters. The molecule has 1 aromatic rings. The molecule has 1 aromatic carbocycles. The monoisotopic (exact) mass is 254 g/mol. The highest BCUT2D eigenvalue weighted by Gasteiger charge is 2.21. The van der Waals surface area contributed by atoms with Crippen LogP contribution in [0.3, 0.4) is 0 Å². The van der Waals surface area contributed by atoms with Crippen molar-refractivity contribution in [1.82, 2.24) is 4.90 Å². The molecule has 0 fully saturated rings. The molecule has 0 bridgehead atoms. The van der Waals surface area contributed by atoms with Crippen LogP contribution in [-0.2, 0) is 0 Å². The van der Waals surface area contributed by atoms with Crippen molar-refractivity contribution >= 4 is 11.7 Å². The lowest BCUT2D eigenvalue weighted by Crippen LogP contribution is -2.44. The third-order valence-corrected chi connectivity index (χ3v) is 3.13. The standard InChI is InChI=1S/C13H19FN2O2/c1-13(2,16(3)4)8-15-11-6-5-9(14)7-10(11)12(17)18/h5-7,15H,8H2,1-4H3,(H,17,18). The van der Waals surface area contributed by atoms with Gasteiger partial charge in [0, 0.05) is 17.8 Å². The minimum atomic E-state index is -1.14. The van der Waals surface area contributed by atoms with Crippen LogP contribution in [0.15, 0.2) is 18.2 Å². The first kappa shape index (κ1) is 14.4. The first-order valence-corrected chi connectivity index (χ1v) is 5.68. The largest absolute Gasteiger partial charge is 0.478 e. The molecule has 0 radical (unpaired) electrons. The number of benzene rings is 1. The van der Waals surface area contributed by atoms with Crippen LogP contribution in [0.4, 0.5) is 10.1 Å². The Bertz CT molecular complexity index is 445. The maximum Gasteiger partial charge on any atom is 0.337 e. The van der Waals surface area contributed by atoms with Crippen LogP contribution in [0.5, 0.6) is 0 Å². The Morgan fingerprint density at radius 3 is 2.56 bits per heavy atom. The smallest absolute Gasteiger partial charge is 0.337 e. The van der Waals surface area contributed by atoms with E-state index in [0.717, 1.165) is 6.07 Å². The number of nitrogens with one attached hydrogen (secondary N) is 1. The van der Waals surface area contributed by atoms with Gasteiger partial charge in [0.15, 0.2) is 0 Å². The van der Waals surface area contributed by atoms with Crippen molar-refractivity contribution in [3.8, 4) is 0 Å². The zero-order valence-corrected chi connectivity index (χ0v) is 11.1. The van der Waals surface area contributed by atoms with Gasteiger partial charge in [-0.3, -0.25) is 0 Å². The van der Waals surface area contributed by atoms with E-state index >= 15 is 0 Å². The second-order valence-electron chi connectivity index (χ2n) is 5.06. The van der Waals surface area contributed by atoms with Crippen LogP contribution in [0.2, 0.25) is 0 Å². The van der Waals surface area contributed by atoms with Crippen LogP contribution < -0.4 is 5.32 Å². The Hall–Kier alpha value is -1.62. The average Bonchev–Trinajstić information content (AvgIpc) is 2.27. The van der Waals surface area contributed by atoms with Gasteiger partial charge in [-0.15, -0.1) is 0 Å². The number of nitrogens with zero attached hydrogens (tertiary/aromatic N) is 1. The minimum Gasteiger partial charge on any atom is -0.478 e. The van der Waals surface area contributed by atoms with Gasteiger partial charge in [0.05, 0.1) is 5.56 Å². The number of halogens is 1. The molecule has 0 heterocycles. The lowest BCUT2D eigenvalue weighted by atomic mass is 10.0. The van der Waals surface area contributed by atoms with Gasteiger partial charge >= 0.3 is 5.97 Å². The first-order valence-electron chi connectivity index (χ1n) is 5.68. The number of carbonyl (C=O) groups is 1. The van der Waals surface area contributed by atoms with Crippen molar-refractivity contribution in [1.29, 1.82) is 0 Å². The van der Waals surface area contributed by atoms with Gasteiger partial charge in [-0.25, -0.2) is 9.18 Å². The minimum absolute atomic E-state index is 0.0513. The predicted octanol–water partition coefficient (Wildman–Crippen LogP) is 2.28. The molecule has 18 heavy (non-hydrogen) atoms. The summed E-state index contributed by atoms with van der Waals surface area (Å²) in [5, 5.41) is 12.1. The molecule has 0 unspecified atom stereocenters. The molecule has 0 saturated carbocycles. The van der Waals surface area contributed by atoms with Crippen LogP contribution in [0.25, 0.3) is 0 Å². The van der Waals surface area contributed by atoms with E-state index in [0.29, 0.717) is 12.2 Å². The fourth-order valence-electron chi connectivity index (χ4n) is 1.32. The summed E-state index contributed by atoms with van der Waals surface area (Å²) in [6, 6.07) is 3.72. The van der Waals surface area contributed by atoms with Gasteiger partial charge < -0.3 is 15.3 Å². The number of carboxylic acid groups (broad SMARTS) is 1. The van der Waals surface area contributed by atoms with Gasteiger partial charge in [-0.2, -0.15) is 0 Å². The van der Waals surface area contributed by atoms with Gasteiger partial charge in [-0.1, -0.05) is 0 Å². The number of rotatable bonds is 5. The number of hydrogen-bond donors (Lipinski definition) is 2. The fourth-order valence-corrected chi connectivity index (χ4v) is 1.32. The van der Waals surface area contributed by atoms with E-state index in [2.05, 4.69) is 5.32 Å². The highest BCUT2D eigenvalue weighted by molar-refractivity contribution is 5.94. The van der Waals surface area contributed by atoms with Gasteiger partial charge in [0.2, 0.25) is 0 Å². The summed E-state index contributed by atoms with van der Waals surface area (Å²) in [4.78, 5) is 13.0. The number of anilines is 1. The van der Waals surface area contributed by atoms with Crippen molar-refractivity contribution in [2.24, 2.45) is 0 Å². The second kappa shape index (κ2) is 5.35. The normalized spacial score (nSPS) is 11.7. The molecule has 100 valence electrons. The third-order valence-electron chi connectivity index (χ3n) is 3.13. The van der Waals surface area contributed by atoms with Crippen molar-refractivity contribution in [3.63, 3.8) is 0 Å². The number of likely N-dealkylation sites (N-methyl/N-ethyl adjacent to an activating group) is 1. The summed E-state index contributed by atoms with van der Waals surface area (Å²) in [7, 11) is 3.90. The summed E-state index contributed by atoms with van der Waals surface area (Å²) in [5.74, 6) is -1.69. The molecule has 0 amide bonds. The van der Waals surface area contributed by atoms with E-state index in [1.54, 1.807) is 0 Å². The molecule has 5 heteroatoms. The van der Waals surface area contributed by atoms with Crippen LogP contribution >= 0.6 is 0 Å². The van der Waals surface area contributed by atoms with Crippen molar-refractivity contribution in [2.75, 3.05) is 26.0 Å². The van der Waals surface area contributed by atoms with E-state index in [4.69, 9.17) is 5.11 Å². The zero-order valence-electron chi connectivity index (χ0n) is 11.1. The predicted molar refractivity (Wildman–Crippen MR) is 69.6 cm³/mol. The molecule has 0 aliphatic rings. The summed E-state index contributed by atoms with van der Waals surface area (Å²) in [6.07, 6.45) is 0. The average molecular weight is 254 g/mol. The number of hydrogen-bond acceptors (Lipinski definition) is 3. The SMILES string of the molecule is CN(C)C(C)(C)CNc1ccc(F)cc1C(=O)O. The highest BCUT2D eigenvalue weighted by Crippen LogP contribution is 2.19. The molecule has 1 rings (SSSR count). The molecule has 0 spiro atoms. The Balaban J connectivity index is 2.89. The summed E-state index contributed by atoms with van der Waals surface area (Å²) in [6.45, 7) is 4.62. The van der Waals surface area contributed by atoms with E-state index in [1.807, 2.05) is 32.8 Å². The Morgan fingerprint density at radius 2 is 2.06 bits per heavy atom. The van der Waals surface area contributed by atoms with Crippen molar-refractivity contribution in [2.45, 2.75) is 19.4 Å². The quantitative estimate of drug-likeness (QED) is 0.846. The molecule has 0 aromatic heterocycles. The van der Waals surface area contributed by atoms with Crippen molar-refractivity contribution < 1.29 is 14.3 Å². The molecule has 0 aliphatic heterocycles. The zero-order chi connectivity index (χ0) is 13.9. The number of aromatic carboxylic acids is 1. The Kier molecular flexibility index (Phi) is 4.29. The Morgan fingerprint density at radius 1 is 1.44 bits per heavy atom. The van der Waals surface area contributed by atoms with Crippen molar-refractivity contribution in [3.05, 3.63) is 29.6 Å². The molecule has 0 saturated heterocycles. The third kappa shape index (κ3) is 3.43. The lowest BCUT2D eigenvalue weighted by molar-refractivity contribution is 0.0697. The molecule has 2 N–H and O–H groups in total. The first-order chi connectivity index (χ1) is 8.24. The lowest BCUT2D eigenvalue weighted by Gasteiger charge is -2.33. The summed E-state index contributed by atoms with van der Waals surface area (Å²) < 4.78 is 13.0. The van der Waals surface area contributed by atoms with Gasteiger partial charge in [-0.05, 0) is 46.1 Å². The summed E-state index contributed by atoms with van der Waals surface area (Å²) >= 11 is 0. The molecular weight excluding hydrogens is 235 g/mol. The van der Waals surface area contributed by atoms with E-state index in [9.17, 15) is 9.18 Å². The van der Waals surface area contributed by atoms with E-state index in [1.165, 1.54) is 12.1 Å². The van der Waals surface area contributed by atoms with E-state index in [-0.39, 0.29) is 11.1 Å². The summed E-state index contributed by atoms with van der Waals surface area (Å²) in [5.41, 5.74) is 0.243. The molecular formula is C13H19FN2O2. The maximum absolute atomic E-state index is 13.0. The van der Waals surface area contributed by atoms with E-state index < -0.39 is 11.8 Å². The molecule has 4 nitrogen and oxygen atoms in total. The van der Waals surface area contributed by atoms with Crippen LogP contribution in [0, 0.1) is 5.82 Å². The fraction of sp³-hybridized carbons (Fsp3) is 0.462. The van der Waals surface area contributed by atoms with Gasteiger partial charge in [0.1, 0.15) is 5.82 Å². The molecule has 0 aliphatic carbocycles. The maximum atomic E-state index is 13.0. The highest BCUT2D eigenvalue weighted by atomic mass is 19.1. The number of carboxylic acids is 1. The topological polar surface area (TPSA) is 52.6 Å². The van der Waals surface area contributed by atoms with Crippen LogP contribution in [0.1, 0.15) is 24.2 Å². The van der Waals surface area contributed by atoms with Crippen LogP contribution in [-0.4, -0.2) is 42.2 Å². The van der Waals surface area contributed by atoms with Gasteiger partial charge in [0.25, 0.3) is 0 Å². The Labute approximate surface area is 106 Å². The second-order valence-corrected chi connectivity index (χ2v) is 5.06.